The number of nitrogens with zero attached hydrogens (tertiary/aromatic N) is 1. The number of nitrogens with one attached hydrogen (secondary N) is 2. The molecule has 4 rings (SSSR count). The van der Waals surface area contributed by atoms with Crippen LogP contribution in [0.15, 0.2) is 47.8 Å². The minimum Gasteiger partial charge on any atom is -0.464 e. The summed E-state index contributed by atoms with van der Waals surface area (Å²) in [5, 5.41) is 8.89. The van der Waals surface area contributed by atoms with Crippen molar-refractivity contribution in [3.8, 4) is 0 Å². The maximum atomic E-state index is 13.0. The molecule has 9 heteroatoms. The predicted molar refractivity (Wildman–Crippen MR) is 167 cm³/mol. The first-order valence-corrected chi connectivity index (χ1v) is 16.7. The molecule has 1 fully saturated rings. The summed E-state index contributed by atoms with van der Waals surface area (Å²) in [6.07, 6.45) is 7.61. The number of fused-ring (bicyclic) bond motifs is 1. The van der Waals surface area contributed by atoms with E-state index in [1.807, 2.05) is 17.5 Å². The van der Waals surface area contributed by atoms with Gasteiger partial charge in [0.25, 0.3) is 5.91 Å². The highest BCUT2D eigenvalue weighted by molar-refractivity contribution is 7.38. The summed E-state index contributed by atoms with van der Waals surface area (Å²) >= 11 is 3.01. The Morgan fingerprint density at radius 3 is 2.63 bits per heavy atom. The molecule has 7 nitrogen and oxygen atoms in total. The number of carbonyl (C=O) groups excluding carboxylic acids is 3. The fraction of sp³-hybridized carbons (Fsp3) is 0.531. The molecule has 0 spiro atoms. The molecule has 1 saturated heterocycles. The zero-order valence-corrected chi connectivity index (χ0v) is 25.7. The third kappa shape index (κ3) is 10.2. The number of carbonyl (C=O) groups is 3. The summed E-state index contributed by atoms with van der Waals surface area (Å²) in [5.41, 5.74) is 1.35. The minimum atomic E-state index is -0.853. The van der Waals surface area contributed by atoms with Gasteiger partial charge in [0.15, 0.2) is 0 Å². The second-order valence-corrected chi connectivity index (χ2v) is 13.1. The van der Waals surface area contributed by atoms with Crippen molar-refractivity contribution < 1.29 is 19.1 Å². The molecule has 2 amide bonds. The van der Waals surface area contributed by atoms with Crippen LogP contribution in [-0.2, 0) is 20.9 Å². The highest BCUT2D eigenvalue weighted by Crippen LogP contribution is 2.30. The van der Waals surface area contributed by atoms with Crippen LogP contribution in [0.2, 0.25) is 0 Å². The lowest BCUT2D eigenvalue weighted by atomic mass is 9.93. The number of thiophene rings is 2. The Hall–Kier alpha value is -2.75. The van der Waals surface area contributed by atoms with Crippen molar-refractivity contribution in [3.05, 3.63) is 58.3 Å². The van der Waals surface area contributed by atoms with Crippen LogP contribution < -0.4 is 10.6 Å². The van der Waals surface area contributed by atoms with Crippen molar-refractivity contribution >= 4 is 49.9 Å². The van der Waals surface area contributed by atoms with Gasteiger partial charge in [-0.15, -0.1) is 22.7 Å². The summed E-state index contributed by atoms with van der Waals surface area (Å²) < 4.78 is 6.56. The Balaban J connectivity index is 1.19. The summed E-state index contributed by atoms with van der Waals surface area (Å²) in [7, 11) is 0. The Labute approximate surface area is 251 Å². The molecule has 1 aliphatic rings. The lowest BCUT2D eigenvalue weighted by molar-refractivity contribution is -0.146. The zero-order valence-electron chi connectivity index (χ0n) is 24.1. The molecular formula is C32H43N3O4S2. The minimum absolute atomic E-state index is 0.0989. The Kier molecular flexibility index (Phi) is 12.7. The summed E-state index contributed by atoms with van der Waals surface area (Å²) in [6, 6.07) is 13.5. The molecule has 0 aliphatic carbocycles. The van der Waals surface area contributed by atoms with Crippen LogP contribution in [-0.4, -0.2) is 55.0 Å². The van der Waals surface area contributed by atoms with E-state index in [4.69, 9.17) is 4.74 Å². The molecule has 0 radical (unpaired) electrons. The van der Waals surface area contributed by atoms with Gasteiger partial charge in [0, 0.05) is 24.9 Å². The van der Waals surface area contributed by atoms with Crippen molar-refractivity contribution in [2.45, 2.75) is 77.3 Å². The molecule has 2 aromatic heterocycles. The maximum absolute atomic E-state index is 13.0. The number of rotatable bonds is 16. The topological polar surface area (TPSA) is 87.7 Å². The van der Waals surface area contributed by atoms with Crippen molar-refractivity contribution in [1.29, 1.82) is 0 Å². The summed E-state index contributed by atoms with van der Waals surface area (Å²) in [6.45, 7) is 6.25. The van der Waals surface area contributed by atoms with Gasteiger partial charge in [-0.1, -0.05) is 56.5 Å². The average Bonchev–Trinajstić information content (AvgIpc) is 3.60. The molecule has 41 heavy (non-hydrogen) atoms. The molecule has 1 aromatic carbocycles. The summed E-state index contributed by atoms with van der Waals surface area (Å²) in [5.74, 6) is -0.260. The second kappa shape index (κ2) is 16.6. The van der Waals surface area contributed by atoms with Gasteiger partial charge in [-0.2, -0.15) is 0 Å². The zero-order chi connectivity index (χ0) is 28.9. The normalized spacial score (nSPS) is 15.0. The lowest BCUT2D eigenvalue weighted by Gasteiger charge is -2.32. The van der Waals surface area contributed by atoms with E-state index >= 15 is 0 Å². The summed E-state index contributed by atoms with van der Waals surface area (Å²) in [4.78, 5) is 41.5. The third-order valence-electron chi connectivity index (χ3n) is 7.69. The molecule has 222 valence electrons. The Bertz CT molecular complexity index is 1210. The fourth-order valence-corrected chi connectivity index (χ4v) is 7.22. The van der Waals surface area contributed by atoms with Crippen LogP contribution >= 0.6 is 22.7 Å². The van der Waals surface area contributed by atoms with Crippen LogP contribution in [0, 0.1) is 5.92 Å². The van der Waals surface area contributed by atoms with Crippen molar-refractivity contribution in [2.24, 2.45) is 5.92 Å². The molecule has 1 atom stereocenters. The average molecular weight is 598 g/mol. The first kappa shape index (κ1) is 31.2. The number of hydrogen-bond acceptors (Lipinski definition) is 7. The molecular weight excluding hydrogens is 555 g/mol. The highest BCUT2D eigenvalue weighted by atomic mass is 32.2. The molecule has 2 N–H and O–H groups in total. The van der Waals surface area contributed by atoms with Gasteiger partial charge in [0.1, 0.15) is 6.04 Å². The molecule has 1 aliphatic heterocycles. The van der Waals surface area contributed by atoms with E-state index in [9.17, 15) is 14.4 Å². The standard InChI is InChI=1S/C32H43N3O4S2/c1-2-3-4-8-20-39-31(38)27(34-30(37)28-22-26-16-21-40-32(26)41-28)11-12-29(36)33-17-13-24-14-18-35(19-15-24)23-25-9-6-5-7-10-25/h5-7,9-10,16,21-22,24,27H,2-4,8,11-15,17-20,23H2,1H3,(H,33,36)(H,34,37). The van der Waals surface area contributed by atoms with E-state index in [1.54, 1.807) is 11.3 Å². The molecule has 1 unspecified atom stereocenters. The van der Waals surface area contributed by atoms with Crippen LogP contribution in [0.5, 0.6) is 0 Å². The van der Waals surface area contributed by atoms with Crippen LogP contribution in [0.1, 0.15) is 79.9 Å². The number of amides is 2. The van der Waals surface area contributed by atoms with Crippen LogP contribution in [0.4, 0.5) is 0 Å². The molecule has 0 bridgehead atoms. The Morgan fingerprint density at radius 2 is 1.88 bits per heavy atom. The number of hydrogen-bond donors (Lipinski definition) is 2. The maximum Gasteiger partial charge on any atom is 0.328 e. The van der Waals surface area contributed by atoms with Gasteiger partial charge in [-0.3, -0.25) is 14.5 Å². The first-order chi connectivity index (χ1) is 20.0. The van der Waals surface area contributed by atoms with Gasteiger partial charge in [-0.25, -0.2) is 4.79 Å². The quantitative estimate of drug-likeness (QED) is 0.148. The Morgan fingerprint density at radius 1 is 1.07 bits per heavy atom. The van der Waals surface area contributed by atoms with Crippen molar-refractivity contribution in [2.75, 3.05) is 26.2 Å². The second-order valence-electron chi connectivity index (χ2n) is 10.9. The number of ether oxygens (including phenoxy) is 1. The number of likely N-dealkylation sites (tertiary alicyclic amines) is 1. The van der Waals surface area contributed by atoms with Crippen LogP contribution in [0.3, 0.4) is 0 Å². The SMILES string of the molecule is CCCCCCOC(=O)C(CCC(=O)NCCC1CCN(Cc2ccccc2)CC1)NC(=O)c1cc2ccsc2s1. The highest BCUT2D eigenvalue weighted by Gasteiger charge is 2.25. The molecule has 0 saturated carbocycles. The lowest BCUT2D eigenvalue weighted by Crippen LogP contribution is -2.42. The smallest absolute Gasteiger partial charge is 0.328 e. The third-order valence-corrected chi connectivity index (χ3v) is 9.90. The van der Waals surface area contributed by atoms with E-state index in [-0.39, 0.29) is 24.7 Å². The first-order valence-electron chi connectivity index (χ1n) is 15.0. The van der Waals surface area contributed by atoms with Crippen molar-refractivity contribution in [3.63, 3.8) is 0 Å². The number of esters is 1. The monoisotopic (exact) mass is 597 g/mol. The van der Waals surface area contributed by atoms with E-state index in [2.05, 4.69) is 52.8 Å². The van der Waals surface area contributed by atoms with Gasteiger partial charge in [0.05, 0.1) is 15.5 Å². The number of unbranched alkanes of at least 4 members (excludes halogenated alkanes) is 3. The molecule has 3 aromatic rings. The van der Waals surface area contributed by atoms with E-state index in [1.165, 1.54) is 16.9 Å². The largest absolute Gasteiger partial charge is 0.464 e. The van der Waals surface area contributed by atoms with E-state index in [0.717, 1.165) is 74.0 Å². The van der Waals surface area contributed by atoms with E-state index < -0.39 is 12.0 Å². The number of benzene rings is 1. The van der Waals surface area contributed by atoms with Crippen LogP contribution in [0.25, 0.3) is 9.40 Å². The van der Waals surface area contributed by atoms with Gasteiger partial charge < -0.3 is 15.4 Å². The van der Waals surface area contributed by atoms with E-state index in [0.29, 0.717) is 23.9 Å². The number of piperidine rings is 1. The predicted octanol–water partition coefficient (Wildman–Crippen LogP) is 6.38. The van der Waals surface area contributed by atoms with Gasteiger partial charge in [-0.05, 0) is 74.2 Å². The fourth-order valence-electron chi connectivity index (χ4n) is 5.21. The van der Waals surface area contributed by atoms with Crippen molar-refractivity contribution in [1.82, 2.24) is 15.5 Å². The van der Waals surface area contributed by atoms with Gasteiger partial charge >= 0.3 is 5.97 Å². The molecule has 3 heterocycles. The van der Waals surface area contributed by atoms with Gasteiger partial charge in [0.2, 0.25) is 5.91 Å².